The zero-order chi connectivity index (χ0) is 16.3. The van der Waals surface area contributed by atoms with Gasteiger partial charge in [-0.2, -0.15) is 0 Å². The van der Waals surface area contributed by atoms with Crippen LogP contribution in [0.3, 0.4) is 0 Å². The van der Waals surface area contributed by atoms with Crippen LogP contribution in [0.2, 0.25) is 0 Å². The first-order valence-electron chi connectivity index (χ1n) is 9.48. The number of likely N-dealkylation sites (tertiary alicyclic amines) is 1. The van der Waals surface area contributed by atoms with E-state index >= 15 is 0 Å². The molecule has 2 aliphatic rings. The second-order valence-electron chi connectivity index (χ2n) is 8.52. The van der Waals surface area contributed by atoms with Crippen LogP contribution in [0.5, 0.6) is 5.75 Å². The van der Waals surface area contributed by atoms with Gasteiger partial charge in [-0.1, -0.05) is 52.2 Å². The highest BCUT2D eigenvalue weighted by Crippen LogP contribution is 2.35. The molecule has 0 amide bonds. The maximum atomic E-state index is 5.97. The lowest BCUT2D eigenvalue weighted by Crippen LogP contribution is -2.43. The molecule has 0 spiro atoms. The highest BCUT2D eigenvalue weighted by molar-refractivity contribution is 5.31. The van der Waals surface area contributed by atoms with E-state index in [1.807, 2.05) is 0 Å². The van der Waals surface area contributed by atoms with E-state index in [9.17, 15) is 0 Å². The molecular formula is C21H33NO. The van der Waals surface area contributed by atoms with Crippen molar-refractivity contribution in [1.82, 2.24) is 4.90 Å². The molecule has 0 N–H and O–H groups in total. The summed E-state index contributed by atoms with van der Waals surface area (Å²) in [7, 11) is 0. The number of piperidine rings is 1. The summed E-state index contributed by atoms with van der Waals surface area (Å²) >= 11 is 0. The lowest BCUT2D eigenvalue weighted by atomic mass is 9.75. The predicted molar refractivity (Wildman–Crippen MR) is 97.1 cm³/mol. The maximum Gasteiger partial charge on any atom is 0.119 e. The number of benzene rings is 1. The summed E-state index contributed by atoms with van der Waals surface area (Å²) in [5.41, 5.74) is 1.58. The van der Waals surface area contributed by atoms with Crippen LogP contribution in [-0.4, -0.2) is 31.1 Å². The van der Waals surface area contributed by atoms with Crippen LogP contribution in [-0.2, 0) is 5.41 Å². The van der Waals surface area contributed by atoms with Crippen LogP contribution in [0, 0.1) is 11.8 Å². The average Bonchev–Trinajstić information content (AvgIpc) is 2.54. The standard InChI is InChI=1S/C21H33NO/c1-21(2,3)19-8-10-20(11-9-19)23-15-14-22-13-12-17-6-4-5-7-18(17)16-22/h8-11,17-18H,4-7,12-16H2,1-3H3. The number of fused-ring (bicyclic) bond motifs is 1. The molecule has 1 saturated carbocycles. The molecule has 1 saturated heterocycles. The van der Waals surface area contributed by atoms with Crippen LogP contribution in [0.25, 0.3) is 0 Å². The molecule has 3 rings (SSSR count). The van der Waals surface area contributed by atoms with Crippen LogP contribution in [0.15, 0.2) is 24.3 Å². The van der Waals surface area contributed by atoms with Crippen LogP contribution in [0.1, 0.15) is 58.4 Å². The highest BCUT2D eigenvalue weighted by Gasteiger charge is 2.30. The lowest BCUT2D eigenvalue weighted by molar-refractivity contribution is 0.0766. The summed E-state index contributed by atoms with van der Waals surface area (Å²) in [4.78, 5) is 2.62. The topological polar surface area (TPSA) is 12.5 Å². The molecule has 0 bridgehead atoms. The van der Waals surface area contributed by atoms with Crippen molar-refractivity contribution in [3.63, 3.8) is 0 Å². The van der Waals surface area contributed by atoms with Crippen molar-refractivity contribution in [2.75, 3.05) is 26.2 Å². The largest absolute Gasteiger partial charge is 0.492 e. The molecule has 1 aromatic carbocycles. The Bertz CT molecular complexity index is 488. The van der Waals surface area contributed by atoms with Gasteiger partial charge in [-0.15, -0.1) is 0 Å². The van der Waals surface area contributed by atoms with Crippen LogP contribution < -0.4 is 4.74 Å². The van der Waals surface area contributed by atoms with Gasteiger partial charge in [-0.3, -0.25) is 4.90 Å². The van der Waals surface area contributed by atoms with Gasteiger partial charge < -0.3 is 4.74 Å². The molecule has 2 fully saturated rings. The van der Waals surface area contributed by atoms with Gasteiger partial charge >= 0.3 is 0 Å². The molecule has 0 radical (unpaired) electrons. The van der Waals surface area contributed by atoms with Gasteiger partial charge in [-0.05, 0) is 54.3 Å². The van der Waals surface area contributed by atoms with Gasteiger partial charge in [0.25, 0.3) is 0 Å². The van der Waals surface area contributed by atoms with Crippen molar-refractivity contribution < 1.29 is 4.74 Å². The minimum Gasteiger partial charge on any atom is -0.492 e. The summed E-state index contributed by atoms with van der Waals surface area (Å²) in [5, 5.41) is 0. The van der Waals surface area contributed by atoms with Crippen LogP contribution >= 0.6 is 0 Å². The van der Waals surface area contributed by atoms with Crippen molar-refractivity contribution in [3.05, 3.63) is 29.8 Å². The molecule has 1 aromatic rings. The van der Waals surface area contributed by atoms with E-state index in [0.29, 0.717) is 0 Å². The van der Waals surface area contributed by atoms with E-state index in [2.05, 4.69) is 49.9 Å². The quantitative estimate of drug-likeness (QED) is 0.785. The van der Waals surface area contributed by atoms with Crippen molar-refractivity contribution in [2.24, 2.45) is 11.8 Å². The Morgan fingerprint density at radius 1 is 1.00 bits per heavy atom. The molecule has 23 heavy (non-hydrogen) atoms. The van der Waals surface area contributed by atoms with Gasteiger partial charge in [0, 0.05) is 13.1 Å². The van der Waals surface area contributed by atoms with E-state index in [0.717, 1.165) is 30.7 Å². The number of hydrogen-bond acceptors (Lipinski definition) is 2. The number of rotatable bonds is 4. The minimum absolute atomic E-state index is 0.211. The highest BCUT2D eigenvalue weighted by atomic mass is 16.5. The van der Waals surface area contributed by atoms with Gasteiger partial charge in [-0.25, -0.2) is 0 Å². The fourth-order valence-electron chi connectivity index (χ4n) is 4.22. The number of nitrogens with zero attached hydrogens (tertiary/aromatic N) is 1. The molecule has 0 aromatic heterocycles. The normalized spacial score (nSPS) is 25.9. The van der Waals surface area contributed by atoms with E-state index in [-0.39, 0.29) is 5.41 Å². The first-order chi connectivity index (χ1) is 11.0. The van der Waals surface area contributed by atoms with E-state index in [1.165, 1.54) is 50.8 Å². The van der Waals surface area contributed by atoms with E-state index in [1.54, 1.807) is 0 Å². The lowest BCUT2D eigenvalue weighted by Gasteiger charge is -2.41. The predicted octanol–water partition coefficient (Wildman–Crippen LogP) is 4.88. The molecule has 1 aliphatic carbocycles. The molecule has 2 atom stereocenters. The van der Waals surface area contributed by atoms with Crippen LogP contribution in [0.4, 0.5) is 0 Å². The average molecular weight is 316 g/mol. The zero-order valence-electron chi connectivity index (χ0n) is 15.2. The Morgan fingerprint density at radius 2 is 1.70 bits per heavy atom. The first-order valence-corrected chi connectivity index (χ1v) is 9.48. The third kappa shape index (κ3) is 4.50. The zero-order valence-corrected chi connectivity index (χ0v) is 15.2. The van der Waals surface area contributed by atoms with Gasteiger partial charge in [0.05, 0.1) is 0 Å². The molecule has 1 heterocycles. The Hall–Kier alpha value is -1.02. The van der Waals surface area contributed by atoms with E-state index < -0.39 is 0 Å². The summed E-state index contributed by atoms with van der Waals surface area (Å²) in [6.45, 7) is 11.2. The van der Waals surface area contributed by atoms with Gasteiger partial charge in [0.2, 0.25) is 0 Å². The van der Waals surface area contributed by atoms with Gasteiger partial charge in [0.1, 0.15) is 12.4 Å². The van der Waals surface area contributed by atoms with Crippen molar-refractivity contribution in [1.29, 1.82) is 0 Å². The van der Waals surface area contributed by atoms with Crippen molar-refractivity contribution >= 4 is 0 Å². The third-order valence-corrected chi connectivity index (χ3v) is 5.77. The molecular weight excluding hydrogens is 282 g/mol. The summed E-state index contributed by atoms with van der Waals surface area (Å²) < 4.78 is 5.97. The summed E-state index contributed by atoms with van der Waals surface area (Å²) in [6, 6.07) is 8.63. The number of ether oxygens (including phenoxy) is 1. The second kappa shape index (κ2) is 7.25. The minimum atomic E-state index is 0.211. The smallest absolute Gasteiger partial charge is 0.119 e. The Balaban J connectivity index is 1.43. The second-order valence-corrected chi connectivity index (χ2v) is 8.52. The van der Waals surface area contributed by atoms with Gasteiger partial charge in [0.15, 0.2) is 0 Å². The third-order valence-electron chi connectivity index (χ3n) is 5.77. The maximum absolute atomic E-state index is 5.97. The molecule has 2 nitrogen and oxygen atoms in total. The molecule has 128 valence electrons. The SMILES string of the molecule is CC(C)(C)c1ccc(OCCN2CCC3CCCCC3C2)cc1. The summed E-state index contributed by atoms with van der Waals surface area (Å²) in [5.74, 6) is 2.99. The van der Waals surface area contributed by atoms with Crippen molar-refractivity contribution in [2.45, 2.75) is 58.3 Å². The fourth-order valence-corrected chi connectivity index (χ4v) is 4.22. The Labute approximate surface area is 142 Å². The molecule has 2 heteroatoms. The number of hydrogen-bond donors (Lipinski definition) is 0. The van der Waals surface area contributed by atoms with Crippen molar-refractivity contribution in [3.8, 4) is 5.75 Å². The first kappa shape index (κ1) is 16.8. The Kier molecular flexibility index (Phi) is 5.31. The molecule has 1 aliphatic heterocycles. The fraction of sp³-hybridized carbons (Fsp3) is 0.714. The summed E-state index contributed by atoms with van der Waals surface area (Å²) in [6.07, 6.45) is 7.26. The Morgan fingerprint density at radius 3 is 2.39 bits per heavy atom. The van der Waals surface area contributed by atoms with E-state index in [4.69, 9.17) is 4.74 Å². The molecule has 2 unspecified atom stereocenters. The monoisotopic (exact) mass is 315 g/mol.